The van der Waals surface area contributed by atoms with Gasteiger partial charge in [-0.15, -0.1) is 0 Å². The summed E-state index contributed by atoms with van der Waals surface area (Å²) in [6.07, 6.45) is 2.91. The number of aromatic nitrogens is 1. The van der Waals surface area contributed by atoms with Crippen molar-refractivity contribution in [2.24, 2.45) is 0 Å². The molecule has 0 bridgehead atoms. The van der Waals surface area contributed by atoms with Gasteiger partial charge in [-0.25, -0.2) is 4.79 Å². The Balaban J connectivity index is 2.28. The van der Waals surface area contributed by atoms with E-state index >= 15 is 0 Å². The molecule has 0 spiro atoms. The van der Waals surface area contributed by atoms with Gasteiger partial charge < -0.3 is 15.7 Å². The van der Waals surface area contributed by atoms with Crippen molar-refractivity contribution in [1.82, 2.24) is 4.98 Å². The van der Waals surface area contributed by atoms with E-state index in [9.17, 15) is 19.5 Å². The summed E-state index contributed by atoms with van der Waals surface area (Å²) in [7, 11) is 0. The molecule has 2 rings (SSSR count). The van der Waals surface area contributed by atoms with Crippen LogP contribution in [0.5, 0.6) is 0 Å². The zero-order valence-corrected chi connectivity index (χ0v) is 11.7. The van der Waals surface area contributed by atoms with Crippen molar-refractivity contribution in [2.75, 3.05) is 10.6 Å². The van der Waals surface area contributed by atoms with Gasteiger partial charge in [-0.3, -0.25) is 14.6 Å². The molecule has 7 heteroatoms. The fraction of sp³-hybridized carbons (Fsp3) is 0.0667. The van der Waals surface area contributed by atoms with Crippen LogP contribution in [0.1, 0.15) is 27.6 Å². The number of hydrogen-bond acceptors (Lipinski definition) is 4. The van der Waals surface area contributed by atoms with Gasteiger partial charge in [0, 0.05) is 25.0 Å². The molecule has 2 aromatic rings. The van der Waals surface area contributed by atoms with Crippen LogP contribution in [0.3, 0.4) is 0 Å². The summed E-state index contributed by atoms with van der Waals surface area (Å²) in [4.78, 5) is 38.2. The molecular formula is C15H13N3O4. The topological polar surface area (TPSA) is 108 Å². The average Bonchev–Trinajstić information content (AvgIpc) is 2.49. The van der Waals surface area contributed by atoms with E-state index in [1.807, 2.05) is 0 Å². The Morgan fingerprint density at radius 2 is 1.91 bits per heavy atom. The van der Waals surface area contributed by atoms with Crippen molar-refractivity contribution in [3.05, 3.63) is 53.9 Å². The summed E-state index contributed by atoms with van der Waals surface area (Å²) in [5.74, 6) is -2.00. The van der Waals surface area contributed by atoms with Crippen molar-refractivity contribution in [3.63, 3.8) is 0 Å². The highest BCUT2D eigenvalue weighted by atomic mass is 16.4. The predicted molar refractivity (Wildman–Crippen MR) is 79.9 cm³/mol. The number of aromatic carboxylic acids is 1. The minimum atomic E-state index is -1.21. The summed E-state index contributed by atoms with van der Waals surface area (Å²) in [5, 5.41) is 14.2. The van der Waals surface area contributed by atoms with Gasteiger partial charge in [-0.2, -0.15) is 0 Å². The Bertz CT molecular complexity index is 729. The number of nitrogens with one attached hydrogen (secondary N) is 2. The first-order valence-corrected chi connectivity index (χ1v) is 6.33. The van der Waals surface area contributed by atoms with Gasteiger partial charge in [0.1, 0.15) is 0 Å². The number of carbonyl (C=O) groups is 3. The highest BCUT2D eigenvalue weighted by Gasteiger charge is 2.15. The van der Waals surface area contributed by atoms with E-state index in [2.05, 4.69) is 15.6 Å². The molecule has 0 atom stereocenters. The molecule has 1 heterocycles. The molecule has 0 saturated heterocycles. The van der Waals surface area contributed by atoms with Crippen LogP contribution < -0.4 is 10.6 Å². The van der Waals surface area contributed by atoms with Crippen LogP contribution >= 0.6 is 0 Å². The van der Waals surface area contributed by atoms with Crippen LogP contribution in [0.4, 0.5) is 11.4 Å². The van der Waals surface area contributed by atoms with E-state index in [0.717, 1.165) is 0 Å². The van der Waals surface area contributed by atoms with Crippen LogP contribution in [0.25, 0.3) is 0 Å². The van der Waals surface area contributed by atoms with E-state index < -0.39 is 11.9 Å². The molecule has 0 aliphatic carbocycles. The lowest BCUT2D eigenvalue weighted by Crippen LogP contribution is -2.15. The van der Waals surface area contributed by atoms with E-state index in [1.165, 1.54) is 37.5 Å². The number of nitrogens with zero attached hydrogens (tertiary/aromatic N) is 1. The second-order valence-electron chi connectivity index (χ2n) is 4.44. The fourth-order valence-corrected chi connectivity index (χ4v) is 1.80. The lowest BCUT2D eigenvalue weighted by atomic mass is 10.1. The Labute approximate surface area is 126 Å². The average molecular weight is 299 g/mol. The smallest absolute Gasteiger partial charge is 0.337 e. The van der Waals surface area contributed by atoms with Gasteiger partial charge in [0.15, 0.2) is 0 Å². The second kappa shape index (κ2) is 6.49. The number of benzene rings is 1. The Hall–Kier alpha value is -3.22. The molecule has 22 heavy (non-hydrogen) atoms. The molecule has 0 fully saturated rings. The highest BCUT2D eigenvalue weighted by Crippen LogP contribution is 2.21. The number of rotatable bonds is 4. The zero-order valence-electron chi connectivity index (χ0n) is 11.7. The molecule has 3 N–H and O–H groups in total. The number of carbonyl (C=O) groups excluding carboxylic acids is 2. The summed E-state index contributed by atoms with van der Waals surface area (Å²) in [5.41, 5.74) is 0.660. The van der Waals surface area contributed by atoms with Gasteiger partial charge in [0.25, 0.3) is 5.91 Å². The van der Waals surface area contributed by atoms with E-state index in [0.29, 0.717) is 11.3 Å². The molecule has 1 aromatic carbocycles. The Morgan fingerprint density at radius 3 is 2.50 bits per heavy atom. The third kappa shape index (κ3) is 3.66. The number of amides is 2. The Kier molecular flexibility index (Phi) is 4.47. The zero-order chi connectivity index (χ0) is 16.1. The molecule has 2 amide bonds. The molecule has 1 aromatic heterocycles. The molecule has 0 radical (unpaired) electrons. The molecular weight excluding hydrogens is 286 g/mol. The first-order chi connectivity index (χ1) is 10.5. The standard InChI is InChI=1S/C15H13N3O4/c1-9(19)17-11-4-5-13(12(7-11)15(21)22)18-14(20)10-3-2-6-16-8-10/h2-8H,1H3,(H,17,19)(H,18,20)(H,21,22). The SMILES string of the molecule is CC(=O)Nc1ccc(NC(=O)c2cccnc2)c(C(=O)O)c1. The molecule has 7 nitrogen and oxygen atoms in total. The summed E-state index contributed by atoms with van der Waals surface area (Å²) >= 11 is 0. The van der Waals surface area contributed by atoms with Crippen LogP contribution in [-0.4, -0.2) is 27.9 Å². The largest absolute Gasteiger partial charge is 0.478 e. The normalized spacial score (nSPS) is 9.86. The summed E-state index contributed by atoms with van der Waals surface area (Å²) in [6.45, 7) is 1.32. The summed E-state index contributed by atoms with van der Waals surface area (Å²) < 4.78 is 0. The third-order valence-electron chi connectivity index (χ3n) is 2.74. The number of carboxylic acid groups (broad SMARTS) is 1. The monoisotopic (exact) mass is 299 g/mol. The first kappa shape index (κ1) is 15.2. The van der Waals surface area contributed by atoms with Crippen molar-refractivity contribution in [3.8, 4) is 0 Å². The van der Waals surface area contributed by atoms with Crippen molar-refractivity contribution in [1.29, 1.82) is 0 Å². The molecule has 0 unspecified atom stereocenters. The molecule has 112 valence electrons. The van der Waals surface area contributed by atoms with E-state index in [4.69, 9.17) is 0 Å². The number of anilines is 2. The first-order valence-electron chi connectivity index (χ1n) is 6.33. The lowest BCUT2D eigenvalue weighted by Gasteiger charge is -2.10. The molecule has 0 aliphatic heterocycles. The highest BCUT2D eigenvalue weighted by molar-refractivity contribution is 6.08. The number of carboxylic acids is 1. The molecule has 0 aliphatic rings. The van der Waals surface area contributed by atoms with Gasteiger partial charge in [-0.1, -0.05) is 0 Å². The number of hydrogen-bond donors (Lipinski definition) is 3. The fourth-order valence-electron chi connectivity index (χ4n) is 1.80. The minimum absolute atomic E-state index is 0.122. The van der Waals surface area contributed by atoms with Crippen LogP contribution in [0.15, 0.2) is 42.7 Å². The molecule has 0 saturated carbocycles. The van der Waals surface area contributed by atoms with Crippen molar-refractivity contribution >= 4 is 29.2 Å². The summed E-state index contributed by atoms with van der Waals surface area (Å²) in [6, 6.07) is 7.37. The number of pyridine rings is 1. The Morgan fingerprint density at radius 1 is 1.14 bits per heavy atom. The minimum Gasteiger partial charge on any atom is -0.478 e. The maximum absolute atomic E-state index is 12.0. The van der Waals surface area contributed by atoms with Crippen molar-refractivity contribution < 1.29 is 19.5 Å². The predicted octanol–water partition coefficient (Wildman–Crippen LogP) is 1.99. The van der Waals surface area contributed by atoms with Gasteiger partial charge in [0.2, 0.25) is 5.91 Å². The quantitative estimate of drug-likeness (QED) is 0.800. The maximum Gasteiger partial charge on any atom is 0.337 e. The van der Waals surface area contributed by atoms with Gasteiger partial charge in [-0.05, 0) is 30.3 Å². The second-order valence-corrected chi connectivity index (χ2v) is 4.44. The van der Waals surface area contributed by atoms with Gasteiger partial charge >= 0.3 is 5.97 Å². The van der Waals surface area contributed by atoms with E-state index in [1.54, 1.807) is 12.1 Å². The van der Waals surface area contributed by atoms with Gasteiger partial charge in [0.05, 0.1) is 16.8 Å². The van der Waals surface area contributed by atoms with E-state index in [-0.39, 0.29) is 17.2 Å². The maximum atomic E-state index is 12.0. The van der Waals surface area contributed by atoms with Crippen LogP contribution in [-0.2, 0) is 4.79 Å². The third-order valence-corrected chi connectivity index (χ3v) is 2.74. The van der Waals surface area contributed by atoms with Crippen LogP contribution in [0.2, 0.25) is 0 Å². The van der Waals surface area contributed by atoms with Crippen molar-refractivity contribution in [2.45, 2.75) is 6.92 Å². The van der Waals surface area contributed by atoms with Crippen LogP contribution in [0, 0.1) is 0 Å². The lowest BCUT2D eigenvalue weighted by molar-refractivity contribution is -0.114.